The van der Waals surface area contributed by atoms with E-state index in [-0.39, 0.29) is 23.1 Å². The van der Waals surface area contributed by atoms with Gasteiger partial charge in [-0.15, -0.1) is 0 Å². The van der Waals surface area contributed by atoms with Gasteiger partial charge in [-0.3, -0.25) is 10.1 Å². The quantitative estimate of drug-likeness (QED) is 0.443. The summed E-state index contributed by atoms with van der Waals surface area (Å²) >= 11 is 5.68. The van der Waals surface area contributed by atoms with E-state index in [1.807, 2.05) is 0 Å². The molecular weight excluding hydrogens is 222 g/mol. The van der Waals surface area contributed by atoms with E-state index < -0.39 is 4.92 Å². The van der Waals surface area contributed by atoms with Gasteiger partial charge in [0.05, 0.1) is 11.5 Å². The molecule has 0 aliphatic carbocycles. The second-order valence-corrected chi connectivity index (χ2v) is 3.09. The van der Waals surface area contributed by atoms with Gasteiger partial charge in [-0.05, 0) is 12.1 Å². The van der Waals surface area contributed by atoms with Crippen LogP contribution < -0.4 is 4.74 Å². The summed E-state index contributed by atoms with van der Waals surface area (Å²) < 4.78 is 9.93. The minimum absolute atomic E-state index is 0.0647. The average Bonchev–Trinajstić information content (AvgIpc) is 2.17. The van der Waals surface area contributed by atoms with E-state index in [9.17, 15) is 10.1 Å². The molecule has 0 spiro atoms. The number of nitro groups is 1. The molecule has 0 bridgehead atoms. The molecule has 0 saturated heterocycles. The molecule has 0 unspecified atom stereocenters. The number of halogens is 1. The van der Waals surface area contributed by atoms with Crippen LogP contribution in [0.1, 0.15) is 0 Å². The lowest BCUT2D eigenvalue weighted by Gasteiger charge is -2.06. The van der Waals surface area contributed by atoms with Gasteiger partial charge >= 0.3 is 5.69 Å². The van der Waals surface area contributed by atoms with Crippen molar-refractivity contribution in [3.8, 4) is 5.75 Å². The summed E-state index contributed by atoms with van der Waals surface area (Å²) in [6.45, 7) is 0.612. The second-order valence-electron chi connectivity index (χ2n) is 2.68. The number of ether oxygens (including phenoxy) is 2. The number of nitro benzene ring substituents is 1. The lowest BCUT2D eigenvalue weighted by Crippen LogP contribution is -2.06. The largest absolute Gasteiger partial charge is 0.484 e. The number of methoxy groups -OCH3 is 1. The average molecular weight is 232 g/mol. The Bertz CT molecular complexity index is 356. The monoisotopic (exact) mass is 231 g/mol. The first-order valence-corrected chi connectivity index (χ1v) is 4.59. The zero-order chi connectivity index (χ0) is 11.3. The lowest BCUT2D eigenvalue weighted by molar-refractivity contribution is -0.385. The molecule has 0 heterocycles. The van der Waals surface area contributed by atoms with Gasteiger partial charge in [-0.2, -0.15) is 0 Å². The van der Waals surface area contributed by atoms with E-state index in [0.29, 0.717) is 6.61 Å². The third-order valence-electron chi connectivity index (χ3n) is 1.68. The fourth-order valence-corrected chi connectivity index (χ4v) is 1.26. The Morgan fingerprint density at radius 3 is 2.80 bits per heavy atom. The van der Waals surface area contributed by atoms with Crippen LogP contribution in [0.15, 0.2) is 18.2 Å². The Morgan fingerprint density at radius 1 is 1.47 bits per heavy atom. The minimum atomic E-state index is -0.565. The fraction of sp³-hybridized carbons (Fsp3) is 0.333. The van der Waals surface area contributed by atoms with Gasteiger partial charge in [0, 0.05) is 7.11 Å². The standard InChI is InChI=1S/C9H10ClNO4/c1-14-5-6-15-8-4-2-3-7(10)9(8)11(12)13/h2-4H,5-6H2,1H3. The van der Waals surface area contributed by atoms with E-state index in [1.165, 1.54) is 19.2 Å². The van der Waals surface area contributed by atoms with Crippen molar-refractivity contribution in [1.82, 2.24) is 0 Å². The third-order valence-corrected chi connectivity index (χ3v) is 1.98. The predicted molar refractivity (Wildman–Crippen MR) is 55.5 cm³/mol. The topological polar surface area (TPSA) is 61.6 Å². The Balaban J connectivity index is 2.86. The number of rotatable bonds is 5. The van der Waals surface area contributed by atoms with Crippen LogP contribution in [0.4, 0.5) is 5.69 Å². The summed E-state index contributed by atoms with van der Waals surface area (Å²) in [5.41, 5.74) is -0.213. The van der Waals surface area contributed by atoms with Crippen molar-refractivity contribution in [2.24, 2.45) is 0 Å². The Hall–Kier alpha value is -1.33. The molecule has 5 nitrogen and oxygen atoms in total. The van der Waals surface area contributed by atoms with E-state index in [4.69, 9.17) is 21.1 Å². The molecule has 0 aliphatic heterocycles. The van der Waals surface area contributed by atoms with E-state index >= 15 is 0 Å². The second kappa shape index (κ2) is 5.53. The molecule has 0 aliphatic rings. The number of hydrogen-bond acceptors (Lipinski definition) is 4. The number of nitrogens with zero attached hydrogens (tertiary/aromatic N) is 1. The van der Waals surface area contributed by atoms with Gasteiger partial charge in [0.15, 0.2) is 5.75 Å². The maximum absolute atomic E-state index is 10.7. The predicted octanol–water partition coefficient (Wildman–Crippen LogP) is 2.27. The molecule has 6 heteroatoms. The van der Waals surface area contributed by atoms with Crippen molar-refractivity contribution in [3.05, 3.63) is 33.3 Å². The summed E-state index contributed by atoms with van der Waals surface area (Å²) in [7, 11) is 1.52. The van der Waals surface area contributed by atoms with E-state index in [0.717, 1.165) is 0 Å². The molecule has 0 atom stereocenters. The van der Waals surface area contributed by atoms with Crippen molar-refractivity contribution in [1.29, 1.82) is 0 Å². The van der Waals surface area contributed by atoms with Crippen LogP contribution in [-0.2, 0) is 4.74 Å². The highest BCUT2D eigenvalue weighted by Gasteiger charge is 2.19. The van der Waals surface area contributed by atoms with Gasteiger partial charge < -0.3 is 9.47 Å². The Kier molecular flexibility index (Phi) is 4.33. The number of benzene rings is 1. The van der Waals surface area contributed by atoms with Crippen LogP contribution in [0.2, 0.25) is 5.02 Å². The highest BCUT2D eigenvalue weighted by atomic mass is 35.5. The maximum atomic E-state index is 10.7. The number of para-hydroxylation sites is 1. The molecule has 82 valence electrons. The van der Waals surface area contributed by atoms with E-state index in [2.05, 4.69) is 0 Å². The van der Waals surface area contributed by atoms with Crippen molar-refractivity contribution in [3.63, 3.8) is 0 Å². The molecular formula is C9H10ClNO4. The van der Waals surface area contributed by atoms with Gasteiger partial charge in [0.2, 0.25) is 0 Å². The molecule has 15 heavy (non-hydrogen) atoms. The van der Waals surface area contributed by atoms with Gasteiger partial charge in [-0.25, -0.2) is 0 Å². The highest BCUT2D eigenvalue weighted by molar-refractivity contribution is 6.32. The minimum Gasteiger partial charge on any atom is -0.484 e. The SMILES string of the molecule is COCCOc1cccc(Cl)c1[N+](=O)[O-]. The highest BCUT2D eigenvalue weighted by Crippen LogP contribution is 2.33. The van der Waals surface area contributed by atoms with Gasteiger partial charge in [0.1, 0.15) is 11.6 Å². The first kappa shape index (κ1) is 11.7. The van der Waals surface area contributed by atoms with Crippen molar-refractivity contribution < 1.29 is 14.4 Å². The van der Waals surface area contributed by atoms with Crippen LogP contribution in [-0.4, -0.2) is 25.2 Å². The molecule has 0 saturated carbocycles. The Labute approximate surface area is 91.7 Å². The van der Waals surface area contributed by atoms with Gasteiger partial charge in [-0.1, -0.05) is 17.7 Å². The summed E-state index contributed by atoms with van der Waals surface area (Å²) in [5.74, 6) is 0.157. The molecule has 0 amide bonds. The number of hydrogen-bond donors (Lipinski definition) is 0. The van der Waals surface area contributed by atoms with Crippen LogP contribution in [0, 0.1) is 10.1 Å². The van der Waals surface area contributed by atoms with Gasteiger partial charge in [0.25, 0.3) is 0 Å². The third kappa shape index (κ3) is 3.07. The zero-order valence-corrected chi connectivity index (χ0v) is 8.86. The molecule has 0 fully saturated rings. The van der Waals surface area contributed by atoms with Crippen LogP contribution in [0.3, 0.4) is 0 Å². The van der Waals surface area contributed by atoms with Crippen molar-refractivity contribution in [2.75, 3.05) is 20.3 Å². The molecule has 1 aromatic rings. The normalized spacial score (nSPS) is 10.0. The summed E-state index contributed by atoms with van der Waals surface area (Å²) in [6, 6.07) is 4.54. The maximum Gasteiger partial charge on any atom is 0.329 e. The first-order chi connectivity index (χ1) is 7.16. The van der Waals surface area contributed by atoms with E-state index in [1.54, 1.807) is 6.07 Å². The molecule has 0 radical (unpaired) electrons. The Morgan fingerprint density at radius 2 is 2.20 bits per heavy atom. The van der Waals surface area contributed by atoms with Crippen molar-refractivity contribution >= 4 is 17.3 Å². The molecule has 1 rings (SSSR count). The summed E-state index contributed by atoms with van der Waals surface area (Å²) in [5, 5.41) is 10.7. The molecule has 0 N–H and O–H groups in total. The zero-order valence-electron chi connectivity index (χ0n) is 8.10. The molecule has 0 aromatic heterocycles. The summed E-state index contributed by atoms with van der Waals surface area (Å²) in [4.78, 5) is 10.1. The summed E-state index contributed by atoms with van der Waals surface area (Å²) in [6.07, 6.45) is 0. The fourth-order valence-electron chi connectivity index (χ4n) is 1.02. The van der Waals surface area contributed by atoms with Crippen LogP contribution in [0.25, 0.3) is 0 Å². The van der Waals surface area contributed by atoms with Crippen LogP contribution >= 0.6 is 11.6 Å². The lowest BCUT2D eigenvalue weighted by atomic mass is 10.3. The smallest absolute Gasteiger partial charge is 0.329 e. The molecule has 1 aromatic carbocycles. The van der Waals surface area contributed by atoms with Crippen LogP contribution in [0.5, 0.6) is 5.75 Å². The van der Waals surface area contributed by atoms with Crippen molar-refractivity contribution in [2.45, 2.75) is 0 Å². The first-order valence-electron chi connectivity index (χ1n) is 4.21.